The first-order valence-corrected chi connectivity index (χ1v) is 8.65. The molecule has 0 aliphatic heterocycles. The summed E-state index contributed by atoms with van der Waals surface area (Å²) in [7, 11) is 0. The summed E-state index contributed by atoms with van der Waals surface area (Å²) in [5, 5.41) is 12.8. The predicted octanol–water partition coefficient (Wildman–Crippen LogP) is 3.41. The Morgan fingerprint density at radius 1 is 1.24 bits per heavy atom. The zero-order valence-electron chi connectivity index (χ0n) is 14.1. The van der Waals surface area contributed by atoms with Gasteiger partial charge in [-0.25, -0.2) is 4.98 Å². The summed E-state index contributed by atoms with van der Waals surface area (Å²) in [6.45, 7) is 2.04. The lowest BCUT2D eigenvalue weighted by Crippen LogP contribution is -2.28. The number of amides is 1. The predicted molar refractivity (Wildman–Crippen MR) is 97.3 cm³/mol. The average molecular weight is 335 g/mol. The van der Waals surface area contributed by atoms with Crippen LogP contribution in [0, 0.1) is 12.8 Å². The van der Waals surface area contributed by atoms with Crippen LogP contribution in [0.2, 0.25) is 0 Å². The highest BCUT2D eigenvalue weighted by atomic mass is 16.3. The van der Waals surface area contributed by atoms with Crippen molar-refractivity contribution in [2.75, 3.05) is 5.32 Å². The number of nitrogens with one attached hydrogen (secondary N) is 1. The van der Waals surface area contributed by atoms with Gasteiger partial charge in [-0.1, -0.05) is 18.2 Å². The van der Waals surface area contributed by atoms with E-state index >= 15 is 0 Å². The molecule has 2 heterocycles. The minimum absolute atomic E-state index is 0.0962. The summed E-state index contributed by atoms with van der Waals surface area (Å²) >= 11 is 0. The Morgan fingerprint density at radius 2 is 2.04 bits per heavy atom. The summed E-state index contributed by atoms with van der Waals surface area (Å²) in [5.74, 6) is -0.387. The molecule has 0 bridgehead atoms. The molecule has 1 fully saturated rings. The molecule has 2 aromatic heterocycles. The Bertz CT molecular complexity index is 914. The highest BCUT2D eigenvalue weighted by Gasteiger charge is 2.31. The number of nitrogens with zero attached hydrogens (tertiary/aromatic N) is 2. The number of aromatic nitrogens is 2. The van der Waals surface area contributed by atoms with Gasteiger partial charge < -0.3 is 14.8 Å². The normalized spacial score (nSPS) is 20.1. The highest BCUT2D eigenvalue weighted by molar-refractivity contribution is 5.93. The number of pyridine rings is 1. The van der Waals surface area contributed by atoms with E-state index in [0.717, 1.165) is 41.0 Å². The van der Waals surface area contributed by atoms with Crippen molar-refractivity contribution < 1.29 is 9.90 Å². The van der Waals surface area contributed by atoms with Gasteiger partial charge in [0.15, 0.2) is 0 Å². The standard InChI is InChI=1S/C20H21N3O2/c1-13-4-3-11-23-12-17(22-19(13)23)14-7-9-15(10-8-14)21-20(25)16-5-2-6-18(16)24/h3-4,7-12,16,18,24H,2,5-6H2,1H3,(H,21,25). The number of aliphatic hydroxyl groups is 1. The molecule has 3 aromatic rings. The smallest absolute Gasteiger partial charge is 0.230 e. The van der Waals surface area contributed by atoms with E-state index < -0.39 is 6.10 Å². The second-order valence-electron chi connectivity index (χ2n) is 6.72. The zero-order valence-corrected chi connectivity index (χ0v) is 14.1. The molecule has 5 heteroatoms. The van der Waals surface area contributed by atoms with Crippen molar-refractivity contribution >= 4 is 17.2 Å². The van der Waals surface area contributed by atoms with Crippen LogP contribution in [0.15, 0.2) is 48.8 Å². The zero-order chi connectivity index (χ0) is 17.4. The Kier molecular flexibility index (Phi) is 4.01. The van der Waals surface area contributed by atoms with E-state index in [9.17, 15) is 9.90 Å². The van der Waals surface area contributed by atoms with Gasteiger partial charge in [-0.2, -0.15) is 0 Å². The number of anilines is 1. The van der Waals surface area contributed by atoms with Crippen molar-refractivity contribution in [2.24, 2.45) is 5.92 Å². The van der Waals surface area contributed by atoms with Gasteiger partial charge in [0.2, 0.25) is 5.91 Å². The maximum absolute atomic E-state index is 12.2. The van der Waals surface area contributed by atoms with Crippen LogP contribution in [0.3, 0.4) is 0 Å². The van der Waals surface area contributed by atoms with Gasteiger partial charge in [0, 0.05) is 23.6 Å². The number of aryl methyl sites for hydroxylation is 1. The molecule has 2 unspecified atom stereocenters. The first-order chi connectivity index (χ1) is 12.1. The van der Waals surface area contributed by atoms with Gasteiger partial charge in [-0.15, -0.1) is 0 Å². The number of fused-ring (bicyclic) bond motifs is 1. The van der Waals surface area contributed by atoms with Gasteiger partial charge in [-0.3, -0.25) is 4.79 Å². The van der Waals surface area contributed by atoms with E-state index in [1.807, 2.05) is 60.1 Å². The van der Waals surface area contributed by atoms with Crippen LogP contribution < -0.4 is 5.32 Å². The molecule has 2 N–H and O–H groups in total. The van der Waals surface area contributed by atoms with E-state index in [2.05, 4.69) is 10.3 Å². The number of benzene rings is 1. The van der Waals surface area contributed by atoms with Crippen molar-refractivity contribution in [1.82, 2.24) is 9.38 Å². The maximum Gasteiger partial charge on any atom is 0.230 e. The lowest BCUT2D eigenvalue weighted by molar-refractivity contribution is -0.122. The van der Waals surface area contributed by atoms with E-state index in [0.29, 0.717) is 6.42 Å². The van der Waals surface area contributed by atoms with Gasteiger partial charge >= 0.3 is 0 Å². The van der Waals surface area contributed by atoms with Crippen molar-refractivity contribution in [2.45, 2.75) is 32.3 Å². The van der Waals surface area contributed by atoms with Gasteiger partial charge in [-0.05, 0) is 49.9 Å². The molecule has 1 amide bonds. The fraction of sp³-hybridized carbons (Fsp3) is 0.300. The maximum atomic E-state index is 12.2. The molecule has 1 aliphatic rings. The molecule has 0 saturated heterocycles. The van der Waals surface area contributed by atoms with Gasteiger partial charge in [0.1, 0.15) is 5.65 Å². The summed E-state index contributed by atoms with van der Waals surface area (Å²) in [5.41, 5.74) is 4.73. The van der Waals surface area contributed by atoms with E-state index in [1.54, 1.807) is 0 Å². The first kappa shape index (κ1) is 15.8. The molecule has 0 radical (unpaired) electrons. The van der Waals surface area contributed by atoms with E-state index in [4.69, 9.17) is 0 Å². The molecule has 1 aliphatic carbocycles. The summed E-state index contributed by atoms with van der Waals surface area (Å²) < 4.78 is 2.02. The van der Waals surface area contributed by atoms with Crippen LogP contribution in [-0.2, 0) is 4.79 Å². The van der Waals surface area contributed by atoms with Crippen molar-refractivity contribution in [3.63, 3.8) is 0 Å². The molecule has 4 rings (SSSR count). The van der Waals surface area contributed by atoms with Crippen molar-refractivity contribution in [3.05, 3.63) is 54.4 Å². The quantitative estimate of drug-likeness (QED) is 0.771. The molecule has 25 heavy (non-hydrogen) atoms. The Labute approximate surface area is 146 Å². The Hall–Kier alpha value is -2.66. The van der Waals surface area contributed by atoms with Crippen LogP contribution >= 0.6 is 0 Å². The van der Waals surface area contributed by atoms with Crippen molar-refractivity contribution in [1.29, 1.82) is 0 Å². The number of hydrogen-bond acceptors (Lipinski definition) is 3. The average Bonchev–Trinajstić information content (AvgIpc) is 3.22. The van der Waals surface area contributed by atoms with E-state index in [1.165, 1.54) is 0 Å². The number of carbonyl (C=O) groups is 1. The second-order valence-corrected chi connectivity index (χ2v) is 6.72. The Morgan fingerprint density at radius 3 is 2.72 bits per heavy atom. The van der Waals surface area contributed by atoms with Gasteiger partial charge in [0.25, 0.3) is 0 Å². The molecule has 1 aromatic carbocycles. The minimum atomic E-state index is -0.513. The lowest BCUT2D eigenvalue weighted by atomic mass is 10.0. The Balaban J connectivity index is 1.53. The van der Waals surface area contributed by atoms with Crippen LogP contribution in [0.25, 0.3) is 16.9 Å². The fourth-order valence-electron chi connectivity index (χ4n) is 3.50. The molecule has 5 nitrogen and oxygen atoms in total. The van der Waals surface area contributed by atoms with Crippen LogP contribution in [0.5, 0.6) is 0 Å². The van der Waals surface area contributed by atoms with Crippen LogP contribution in [-0.4, -0.2) is 26.5 Å². The third kappa shape index (κ3) is 3.03. The van der Waals surface area contributed by atoms with E-state index in [-0.39, 0.29) is 11.8 Å². The van der Waals surface area contributed by atoms with Gasteiger partial charge in [0.05, 0.1) is 17.7 Å². The molecule has 0 spiro atoms. The van der Waals surface area contributed by atoms with Crippen LogP contribution in [0.1, 0.15) is 24.8 Å². The SMILES string of the molecule is Cc1cccn2cc(-c3ccc(NC(=O)C4CCCC4O)cc3)nc12. The minimum Gasteiger partial charge on any atom is -0.392 e. The highest BCUT2D eigenvalue weighted by Crippen LogP contribution is 2.27. The summed E-state index contributed by atoms with van der Waals surface area (Å²) in [4.78, 5) is 16.9. The molecular formula is C20H21N3O2. The fourth-order valence-corrected chi connectivity index (χ4v) is 3.50. The number of carbonyl (C=O) groups excluding carboxylic acids is 1. The summed E-state index contributed by atoms with van der Waals surface area (Å²) in [6.07, 6.45) is 5.85. The van der Waals surface area contributed by atoms with Crippen molar-refractivity contribution in [3.8, 4) is 11.3 Å². The molecule has 2 atom stereocenters. The first-order valence-electron chi connectivity index (χ1n) is 8.65. The monoisotopic (exact) mass is 335 g/mol. The number of aliphatic hydroxyl groups excluding tert-OH is 1. The van der Waals surface area contributed by atoms with Crippen LogP contribution in [0.4, 0.5) is 5.69 Å². The number of hydrogen-bond donors (Lipinski definition) is 2. The molecule has 128 valence electrons. The third-order valence-corrected chi connectivity index (χ3v) is 4.94. The number of imidazole rings is 1. The largest absolute Gasteiger partial charge is 0.392 e. The topological polar surface area (TPSA) is 66.6 Å². The lowest BCUT2D eigenvalue weighted by Gasteiger charge is -2.14. The third-order valence-electron chi connectivity index (χ3n) is 4.94. The number of rotatable bonds is 3. The summed E-state index contributed by atoms with van der Waals surface area (Å²) in [6, 6.07) is 11.7. The molecule has 1 saturated carbocycles. The second kappa shape index (κ2) is 6.33. The molecular weight excluding hydrogens is 314 g/mol.